The minimum absolute atomic E-state index is 0.0967. The predicted octanol–water partition coefficient (Wildman–Crippen LogP) is 2.26. The van der Waals surface area contributed by atoms with Gasteiger partial charge in [0.2, 0.25) is 11.8 Å². The van der Waals surface area contributed by atoms with Gasteiger partial charge in [0.05, 0.1) is 6.10 Å². The van der Waals surface area contributed by atoms with Crippen LogP contribution in [0.15, 0.2) is 24.3 Å². The number of nitrogens with one attached hydrogen (secondary N) is 2. The average molecular weight is 316 g/mol. The second kappa shape index (κ2) is 6.71. The number of hydrogen-bond donors (Lipinski definition) is 2. The number of anilines is 1. The molecule has 23 heavy (non-hydrogen) atoms. The highest BCUT2D eigenvalue weighted by Crippen LogP contribution is 2.46. The lowest BCUT2D eigenvalue weighted by atomic mass is 10.0. The molecule has 1 aromatic rings. The van der Waals surface area contributed by atoms with Crippen LogP contribution in [0, 0.1) is 5.41 Å². The Labute approximate surface area is 136 Å². The fourth-order valence-electron chi connectivity index (χ4n) is 2.94. The van der Waals surface area contributed by atoms with Crippen molar-refractivity contribution >= 4 is 17.5 Å². The first kappa shape index (κ1) is 16.0. The van der Waals surface area contributed by atoms with Crippen LogP contribution >= 0.6 is 0 Å². The summed E-state index contributed by atoms with van der Waals surface area (Å²) in [5, 5.41) is 5.76. The average Bonchev–Trinajstić information content (AvgIpc) is 3.23. The van der Waals surface area contributed by atoms with Crippen LogP contribution in [0.1, 0.15) is 38.2 Å². The summed E-state index contributed by atoms with van der Waals surface area (Å²) in [6.45, 7) is 3.35. The molecule has 124 valence electrons. The summed E-state index contributed by atoms with van der Waals surface area (Å²) in [7, 11) is 0. The Hall–Kier alpha value is -1.88. The van der Waals surface area contributed by atoms with Crippen LogP contribution in [0.5, 0.6) is 0 Å². The minimum atomic E-state index is -0.887. The van der Waals surface area contributed by atoms with Crippen molar-refractivity contribution in [1.82, 2.24) is 5.32 Å². The third kappa shape index (κ3) is 3.55. The van der Waals surface area contributed by atoms with Gasteiger partial charge in [-0.25, -0.2) is 0 Å². The van der Waals surface area contributed by atoms with E-state index >= 15 is 0 Å². The first-order valence-corrected chi connectivity index (χ1v) is 8.44. The van der Waals surface area contributed by atoms with Crippen molar-refractivity contribution in [3.05, 3.63) is 29.8 Å². The van der Waals surface area contributed by atoms with E-state index in [1.54, 1.807) is 0 Å². The van der Waals surface area contributed by atoms with Gasteiger partial charge in [0.1, 0.15) is 5.41 Å². The van der Waals surface area contributed by atoms with Gasteiger partial charge in [0, 0.05) is 18.8 Å². The molecule has 2 fully saturated rings. The van der Waals surface area contributed by atoms with Crippen LogP contribution < -0.4 is 10.6 Å². The van der Waals surface area contributed by atoms with Crippen LogP contribution in [0.2, 0.25) is 0 Å². The molecule has 2 amide bonds. The Bertz CT molecular complexity index is 572. The van der Waals surface area contributed by atoms with Crippen molar-refractivity contribution in [2.75, 3.05) is 18.5 Å². The maximum atomic E-state index is 12.5. The second-order valence-electron chi connectivity index (χ2n) is 6.43. The molecule has 5 heteroatoms. The van der Waals surface area contributed by atoms with E-state index in [0.29, 0.717) is 19.4 Å². The van der Waals surface area contributed by atoms with Gasteiger partial charge in [-0.3, -0.25) is 9.59 Å². The van der Waals surface area contributed by atoms with E-state index in [0.717, 1.165) is 31.6 Å². The summed E-state index contributed by atoms with van der Waals surface area (Å²) in [6, 6.07) is 7.76. The summed E-state index contributed by atoms with van der Waals surface area (Å²) in [4.78, 5) is 24.9. The smallest absolute Gasteiger partial charge is 0.240 e. The van der Waals surface area contributed by atoms with Crippen molar-refractivity contribution in [2.24, 2.45) is 5.41 Å². The van der Waals surface area contributed by atoms with Crippen LogP contribution in [0.3, 0.4) is 0 Å². The largest absolute Gasteiger partial charge is 0.376 e. The number of aryl methyl sites for hydroxylation is 1. The molecular formula is C18H24N2O3. The van der Waals surface area contributed by atoms with Crippen LogP contribution in [0.25, 0.3) is 0 Å². The van der Waals surface area contributed by atoms with E-state index in [9.17, 15) is 9.59 Å². The molecule has 1 saturated carbocycles. The van der Waals surface area contributed by atoms with E-state index in [4.69, 9.17) is 4.74 Å². The summed E-state index contributed by atoms with van der Waals surface area (Å²) < 4.78 is 5.50. The van der Waals surface area contributed by atoms with Gasteiger partial charge in [-0.15, -0.1) is 0 Å². The third-order valence-corrected chi connectivity index (χ3v) is 4.75. The molecule has 1 aromatic carbocycles. The Morgan fingerprint density at radius 1 is 1.22 bits per heavy atom. The quantitative estimate of drug-likeness (QED) is 0.791. The molecule has 1 aliphatic carbocycles. The summed E-state index contributed by atoms with van der Waals surface area (Å²) in [5.41, 5.74) is 1.08. The minimum Gasteiger partial charge on any atom is -0.376 e. The standard InChI is InChI=1S/C18H24N2O3/c1-2-13-5-7-14(8-6-13)20-17(22)18(9-10-18)16(21)19-12-15-4-3-11-23-15/h5-8,15H,2-4,9-12H2,1H3,(H,19,21)(H,20,22). The zero-order valence-corrected chi connectivity index (χ0v) is 13.6. The van der Waals surface area contributed by atoms with Crippen molar-refractivity contribution in [3.8, 4) is 0 Å². The highest BCUT2D eigenvalue weighted by Gasteiger charge is 2.56. The normalized spacial score (nSPS) is 21.7. The van der Waals surface area contributed by atoms with E-state index in [1.807, 2.05) is 24.3 Å². The third-order valence-electron chi connectivity index (χ3n) is 4.75. The molecule has 0 spiro atoms. The molecule has 1 unspecified atom stereocenters. The molecule has 1 saturated heterocycles. The van der Waals surface area contributed by atoms with Gasteiger partial charge < -0.3 is 15.4 Å². The number of benzene rings is 1. The molecule has 5 nitrogen and oxygen atoms in total. The maximum absolute atomic E-state index is 12.5. The number of rotatable bonds is 6. The highest BCUT2D eigenvalue weighted by atomic mass is 16.5. The number of ether oxygens (including phenoxy) is 1. The topological polar surface area (TPSA) is 67.4 Å². The molecule has 0 aromatic heterocycles. The van der Waals surface area contributed by atoms with Gasteiger partial charge in [-0.2, -0.15) is 0 Å². The predicted molar refractivity (Wildman–Crippen MR) is 88.1 cm³/mol. The lowest BCUT2D eigenvalue weighted by Crippen LogP contribution is -2.42. The molecule has 2 aliphatic rings. The Morgan fingerprint density at radius 2 is 1.96 bits per heavy atom. The summed E-state index contributed by atoms with van der Waals surface area (Å²) >= 11 is 0. The number of carbonyl (C=O) groups is 2. The first-order chi connectivity index (χ1) is 11.1. The molecule has 1 heterocycles. The Kier molecular flexibility index (Phi) is 4.66. The van der Waals surface area contributed by atoms with Gasteiger partial charge in [-0.1, -0.05) is 19.1 Å². The number of hydrogen-bond acceptors (Lipinski definition) is 3. The zero-order valence-electron chi connectivity index (χ0n) is 13.6. The molecule has 1 aliphatic heterocycles. The zero-order chi connectivity index (χ0) is 16.3. The molecule has 1 atom stereocenters. The summed E-state index contributed by atoms with van der Waals surface area (Å²) in [6.07, 6.45) is 4.30. The van der Waals surface area contributed by atoms with Crippen molar-refractivity contribution in [1.29, 1.82) is 0 Å². The van der Waals surface area contributed by atoms with Gasteiger partial charge in [0.15, 0.2) is 0 Å². The lowest BCUT2D eigenvalue weighted by Gasteiger charge is -2.17. The van der Waals surface area contributed by atoms with Gasteiger partial charge >= 0.3 is 0 Å². The van der Waals surface area contributed by atoms with E-state index in [-0.39, 0.29) is 17.9 Å². The molecule has 0 bridgehead atoms. The second-order valence-corrected chi connectivity index (χ2v) is 6.43. The highest BCUT2D eigenvalue weighted by molar-refractivity contribution is 6.13. The first-order valence-electron chi connectivity index (χ1n) is 8.44. The van der Waals surface area contributed by atoms with Crippen LogP contribution in [-0.4, -0.2) is 31.1 Å². The fraction of sp³-hybridized carbons (Fsp3) is 0.556. The number of carbonyl (C=O) groups excluding carboxylic acids is 2. The van der Waals surface area contributed by atoms with Gasteiger partial charge in [-0.05, 0) is 49.8 Å². The van der Waals surface area contributed by atoms with Crippen molar-refractivity contribution in [2.45, 2.75) is 45.1 Å². The van der Waals surface area contributed by atoms with E-state index < -0.39 is 5.41 Å². The van der Waals surface area contributed by atoms with E-state index in [1.165, 1.54) is 5.56 Å². The monoisotopic (exact) mass is 316 g/mol. The molecule has 2 N–H and O–H groups in total. The van der Waals surface area contributed by atoms with E-state index in [2.05, 4.69) is 17.6 Å². The Morgan fingerprint density at radius 3 is 2.52 bits per heavy atom. The summed E-state index contributed by atoms with van der Waals surface area (Å²) in [5.74, 6) is -0.373. The van der Waals surface area contributed by atoms with Gasteiger partial charge in [0.25, 0.3) is 0 Å². The molecule has 3 rings (SSSR count). The van der Waals surface area contributed by atoms with Crippen molar-refractivity contribution in [3.63, 3.8) is 0 Å². The van der Waals surface area contributed by atoms with Crippen molar-refractivity contribution < 1.29 is 14.3 Å². The molecular weight excluding hydrogens is 292 g/mol. The molecule has 0 radical (unpaired) electrons. The fourth-order valence-corrected chi connectivity index (χ4v) is 2.94. The number of amides is 2. The lowest BCUT2D eigenvalue weighted by molar-refractivity contribution is -0.134. The SMILES string of the molecule is CCc1ccc(NC(=O)C2(C(=O)NCC3CCCO3)CC2)cc1. The Balaban J connectivity index is 1.55. The van der Waals surface area contributed by atoms with Crippen LogP contribution in [-0.2, 0) is 20.7 Å². The van der Waals surface area contributed by atoms with Crippen LogP contribution in [0.4, 0.5) is 5.69 Å². The maximum Gasteiger partial charge on any atom is 0.240 e.